The predicted molar refractivity (Wildman–Crippen MR) is 82.6 cm³/mol. The molecular formula is C13H20N8O2. The minimum absolute atomic E-state index is 0.0147. The summed E-state index contributed by atoms with van der Waals surface area (Å²) in [7, 11) is 3.24. The Balaban J connectivity index is 1.86. The Morgan fingerprint density at radius 2 is 2.09 bits per heavy atom. The van der Waals surface area contributed by atoms with Crippen molar-refractivity contribution in [2.75, 3.05) is 19.4 Å². The highest BCUT2D eigenvalue weighted by Crippen LogP contribution is 2.08. The number of H-pyrrole nitrogens is 1. The van der Waals surface area contributed by atoms with Crippen molar-refractivity contribution in [1.82, 2.24) is 35.4 Å². The van der Waals surface area contributed by atoms with E-state index in [1.165, 1.54) is 15.8 Å². The number of anilines is 1. The monoisotopic (exact) mass is 320 g/mol. The van der Waals surface area contributed by atoms with Crippen LogP contribution >= 0.6 is 0 Å². The lowest BCUT2D eigenvalue weighted by atomic mass is 10.2. The Hall–Kier alpha value is -2.91. The molecule has 0 aliphatic heterocycles. The Labute approximate surface area is 133 Å². The number of aromatic nitrogens is 5. The lowest BCUT2D eigenvalue weighted by Crippen LogP contribution is -2.28. The average Bonchev–Trinajstić information content (AvgIpc) is 3.04. The molecular weight excluding hydrogens is 300 g/mol. The maximum atomic E-state index is 11.9. The highest BCUT2D eigenvalue weighted by atomic mass is 16.2. The molecule has 2 aromatic heterocycles. The van der Waals surface area contributed by atoms with Gasteiger partial charge in [0, 0.05) is 31.9 Å². The molecule has 124 valence electrons. The second-order valence-electron chi connectivity index (χ2n) is 5.32. The summed E-state index contributed by atoms with van der Waals surface area (Å²) in [6.07, 6.45) is 1.50. The van der Waals surface area contributed by atoms with Gasteiger partial charge in [0.05, 0.1) is 11.9 Å². The van der Waals surface area contributed by atoms with Crippen molar-refractivity contribution in [2.24, 2.45) is 0 Å². The molecule has 2 aromatic rings. The van der Waals surface area contributed by atoms with Crippen LogP contribution < -0.4 is 10.6 Å². The zero-order valence-electron chi connectivity index (χ0n) is 13.5. The zero-order chi connectivity index (χ0) is 17.0. The SMILES string of the molecule is Cc1n[nH]c(C)c1CNC(=O)Cn1cc(NC(=O)N(C)C)nn1. The quantitative estimate of drug-likeness (QED) is 0.717. The van der Waals surface area contributed by atoms with E-state index in [1.807, 2.05) is 13.8 Å². The lowest BCUT2D eigenvalue weighted by Gasteiger charge is -2.09. The summed E-state index contributed by atoms with van der Waals surface area (Å²) in [6.45, 7) is 4.19. The Bertz CT molecular complexity index is 683. The van der Waals surface area contributed by atoms with Crippen molar-refractivity contribution in [3.8, 4) is 0 Å². The van der Waals surface area contributed by atoms with Gasteiger partial charge < -0.3 is 10.2 Å². The van der Waals surface area contributed by atoms with E-state index in [1.54, 1.807) is 14.1 Å². The molecule has 0 spiro atoms. The number of hydrogen-bond acceptors (Lipinski definition) is 5. The average molecular weight is 320 g/mol. The number of hydrogen-bond donors (Lipinski definition) is 3. The molecule has 0 atom stereocenters. The first kappa shape index (κ1) is 16.5. The van der Waals surface area contributed by atoms with Crippen LogP contribution in [-0.2, 0) is 17.9 Å². The number of aryl methyl sites for hydroxylation is 2. The number of rotatable bonds is 5. The van der Waals surface area contributed by atoms with Crippen molar-refractivity contribution < 1.29 is 9.59 Å². The Morgan fingerprint density at radius 3 is 2.70 bits per heavy atom. The number of amides is 3. The van der Waals surface area contributed by atoms with Crippen molar-refractivity contribution >= 4 is 17.8 Å². The van der Waals surface area contributed by atoms with Crippen LogP contribution in [-0.4, -0.2) is 56.1 Å². The van der Waals surface area contributed by atoms with E-state index < -0.39 is 0 Å². The van der Waals surface area contributed by atoms with Gasteiger partial charge in [-0.05, 0) is 13.8 Å². The van der Waals surface area contributed by atoms with Crippen LogP contribution in [0.15, 0.2) is 6.20 Å². The topological polar surface area (TPSA) is 121 Å². The third-order valence-electron chi connectivity index (χ3n) is 3.23. The van der Waals surface area contributed by atoms with Gasteiger partial charge in [0.15, 0.2) is 5.82 Å². The maximum absolute atomic E-state index is 11.9. The summed E-state index contributed by atoms with van der Waals surface area (Å²) in [5.74, 6) is 0.0819. The van der Waals surface area contributed by atoms with Gasteiger partial charge in [0.25, 0.3) is 0 Å². The zero-order valence-corrected chi connectivity index (χ0v) is 13.5. The van der Waals surface area contributed by atoms with E-state index in [0.717, 1.165) is 17.0 Å². The smallest absolute Gasteiger partial charge is 0.322 e. The number of carbonyl (C=O) groups excluding carboxylic acids is 2. The normalized spacial score (nSPS) is 10.4. The molecule has 23 heavy (non-hydrogen) atoms. The largest absolute Gasteiger partial charge is 0.350 e. The highest BCUT2D eigenvalue weighted by Gasteiger charge is 2.11. The molecule has 10 heteroatoms. The number of aromatic amines is 1. The maximum Gasteiger partial charge on any atom is 0.322 e. The minimum Gasteiger partial charge on any atom is -0.350 e. The molecule has 2 heterocycles. The lowest BCUT2D eigenvalue weighted by molar-refractivity contribution is -0.122. The number of carbonyl (C=O) groups is 2. The van der Waals surface area contributed by atoms with Crippen LogP contribution in [0.3, 0.4) is 0 Å². The molecule has 3 N–H and O–H groups in total. The molecule has 0 radical (unpaired) electrons. The molecule has 0 aliphatic carbocycles. The number of nitrogens with one attached hydrogen (secondary N) is 3. The summed E-state index contributed by atoms with van der Waals surface area (Å²) in [4.78, 5) is 24.8. The van der Waals surface area contributed by atoms with E-state index in [9.17, 15) is 9.59 Å². The van der Waals surface area contributed by atoms with Crippen LogP contribution in [0.1, 0.15) is 17.0 Å². The van der Waals surface area contributed by atoms with Gasteiger partial charge in [0.1, 0.15) is 6.54 Å². The fraction of sp³-hybridized carbons (Fsp3) is 0.462. The van der Waals surface area contributed by atoms with Crippen molar-refractivity contribution in [3.05, 3.63) is 23.1 Å². The molecule has 2 rings (SSSR count). The molecule has 0 bridgehead atoms. The van der Waals surface area contributed by atoms with E-state index in [4.69, 9.17) is 0 Å². The van der Waals surface area contributed by atoms with Gasteiger partial charge in [0.2, 0.25) is 5.91 Å². The van der Waals surface area contributed by atoms with Gasteiger partial charge in [-0.2, -0.15) is 5.10 Å². The summed E-state index contributed by atoms with van der Waals surface area (Å²) >= 11 is 0. The van der Waals surface area contributed by atoms with E-state index in [0.29, 0.717) is 6.54 Å². The van der Waals surface area contributed by atoms with E-state index in [-0.39, 0.29) is 24.3 Å². The van der Waals surface area contributed by atoms with Crippen LogP contribution in [0.2, 0.25) is 0 Å². The molecule has 0 saturated heterocycles. The summed E-state index contributed by atoms with van der Waals surface area (Å²) in [6, 6.07) is -0.313. The van der Waals surface area contributed by atoms with Gasteiger partial charge in [-0.3, -0.25) is 15.2 Å². The molecule has 0 aliphatic rings. The molecule has 0 fully saturated rings. The van der Waals surface area contributed by atoms with E-state index >= 15 is 0 Å². The van der Waals surface area contributed by atoms with Crippen LogP contribution in [0, 0.1) is 13.8 Å². The second kappa shape index (κ2) is 6.90. The number of urea groups is 1. The van der Waals surface area contributed by atoms with Gasteiger partial charge in [-0.25, -0.2) is 9.48 Å². The Morgan fingerprint density at radius 1 is 1.35 bits per heavy atom. The van der Waals surface area contributed by atoms with Crippen LogP contribution in [0.5, 0.6) is 0 Å². The third-order valence-corrected chi connectivity index (χ3v) is 3.23. The fourth-order valence-corrected chi connectivity index (χ4v) is 1.88. The minimum atomic E-state index is -0.313. The van der Waals surface area contributed by atoms with Crippen molar-refractivity contribution in [3.63, 3.8) is 0 Å². The first-order valence-corrected chi connectivity index (χ1v) is 7.02. The molecule has 3 amide bonds. The summed E-state index contributed by atoms with van der Waals surface area (Å²) in [5, 5.41) is 19.9. The predicted octanol–water partition coefficient (Wildman–Crippen LogP) is 0.0279. The summed E-state index contributed by atoms with van der Waals surface area (Å²) < 4.78 is 1.36. The van der Waals surface area contributed by atoms with Crippen molar-refractivity contribution in [2.45, 2.75) is 26.9 Å². The third kappa shape index (κ3) is 4.28. The van der Waals surface area contributed by atoms with Gasteiger partial charge in [-0.1, -0.05) is 5.21 Å². The standard InChI is InChI=1S/C13H20N8O2/c1-8-10(9(2)17-16-8)5-14-12(22)7-21-6-11(18-19-21)15-13(23)20(3)4/h6H,5,7H2,1-4H3,(H,14,22)(H,15,23)(H,16,17). The fourth-order valence-electron chi connectivity index (χ4n) is 1.88. The Kier molecular flexibility index (Phi) is 4.94. The summed E-state index contributed by atoms with van der Waals surface area (Å²) in [5.41, 5.74) is 2.75. The van der Waals surface area contributed by atoms with Crippen LogP contribution in [0.4, 0.5) is 10.6 Å². The molecule has 0 saturated carbocycles. The van der Waals surface area contributed by atoms with Gasteiger partial charge >= 0.3 is 6.03 Å². The van der Waals surface area contributed by atoms with Gasteiger partial charge in [-0.15, -0.1) is 5.10 Å². The molecule has 0 aromatic carbocycles. The second-order valence-corrected chi connectivity index (χ2v) is 5.32. The first-order chi connectivity index (χ1) is 10.9. The van der Waals surface area contributed by atoms with E-state index in [2.05, 4.69) is 31.1 Å². The molecule has 10 nitrogen and oxygen atoms in total. The highest BCUT2D eigenvalue weighted by molar-refractivity contribution is 5.87. The van der Waals surface area contributed by atoms with Crippen molar-refractivity contribution in [1.29, 1.82) is 0 Å². The number of nitrogens with zero attached hydrogens (tertiary/aromatic N) is 5. The first-order valence-electron chi connectivity index (χ1n) is 7.02. The molecule has 0 unspecified atom stereocenters. The van der Waals surface area contributed by atoms with Crippen LogP contribution in [0.25, 0.3) is 0 Å².